The molecule has 0 N–H and O–H groups in total. The number of para-hydroxylation sites is 1. The molecule has 3 heteroatoms. The molecule has 59 heavy (non-hydrogen) atoms. The second kappa shape index (κ2) is 13.7. The molecule has 2 nitrogen and oxygen atoms in total. The zero-order valence-electron chi connectivity index (χ0n) is 32.3. The molecule has 0 amide bonds. The van der Waals surface area contributed by atoms with Crippen LogP contribution in [0.25, 0.3) is 93.5 Å². The van der Waals surface area contributed by atoms with Gasteiger partial charge in [0.1, 0.15) is 0 Å². The Morgan fingerprint density at radius 2 is 1.05 bits per heavy atom. The van der Waals surface area contributed by atoms with Crippen LogP contribution < -0.4 is 14.7 Å². The summed E-state index contributed by atoms with van der Waals surface area (Å²) in [5.41, 5.74) is 11.9. The number of fused-ring (bicyclic) bond motifs is 8. The third kappa shape index (κ3) is 5.61. The molecule has 0 bridgehead atoms. The molecule has 0 fully saturated rings. The third-order valence-electron chi connectivity index (χ3n) is 12.2. The number of nitrogens with zero attached hydrogens (tertiary/aromatic N) is 2. The first-order valence-electron chi connectivity index (χ1n) is 20.5. The van der Waals surface area contributed by atoms with E-state index in [1.54, 1.807) is 0 Å². The number of hydrogen-bond donors (Lipinski definition) is 0. The summed E-state index contributed by atoms with van der Waals surface area (Å²) < 4.78 is 5.22. The number of rotatable bonds is 6. The van der Waals surface area contributed by atoms with Crippen molar-refractivity contribution in [3.63, 3.8) is 0 Å². The van der Waals surface area contributed by atoms with Crippen molar-refractivity contribution in [1.29, 1.82) is 0 Å². The molecule has 0 unspecified atom stereocenters. The maximum Gasteiger partial charge on any atom is 0.0547 e. The smallest absolute Gasteiger partial charge is 0.0547 e. The first-order chi connectivity index (χ1) is 29.2. The van der Waals surface area contributed by atoms with E-state index < -0.39 is 0 Å². The lowest BCUT2D eigenvalue weighted by molar-refractivity contribution is 1.13. The molecule has 0 spiro atoms. The molecule has 11 aromatic rings. The number of aromatic nitrogens is 1. The Hall–Kier alpha value is -7.20. The van der Waals surface area contributed by atoms with Crippen molar-refractivity contribution >= 4 is 94.0 Å². The van der Waals surface area contributed by atoms with Crippen molar-refractivity contribution in [2.45, 2.75) is 12.8 Å². The van der Waals surface area contributed by atoms with Crippen LogP contribution in [0.3, 0.4) is 0 Å². The first-order valence-corrected chi connectivity index (χ1v) is 21.3. The molecule has 12 rings (SSSR count). The predicted octanol–water partition coefficient (Wildman–Crippen LogP) is 14.5. The number of benzene rings is 9. The van der Waals surface area contributed by atoms with Crippen LogP contribution >= 0.6 is 11.3 Å². The SMILES string of the molecule is C1=c2sc3c(-c4ccc(N(c5ccc(-c6ccccc6)cc5)c5cccc6ccccc56)cc4)cc(-n4c5ccccc5c5cc6ccccc6cc54)cc3c2=CCC1. The van der Waals surface area contributed by atoms with Crippen molar-refractivity contribution in [2.24, 2.45) is 0 Å². The van der Waals surface area contributed by atoms with Crippen LogP contribution in [-0.4, -0.2) is 4.57 Å². The molecule has 0 saturated carbocycles. The summed E-state index contributed by atoms with van der Waals surface area (Å²) in [5.74, 6) is 0. The highest BCUT2D eigenvalue weighted by atomic mass is 32.1. The Balaban J connectivity index is 1.05. The minimum atomic E-state index is 1.07. The molecule has 278 valence electrons. The van der Waals surface area contributed by atoms with E-state index in [1.165, 1.54) is 91.1 Å². The Bertz CT molecular complexity index is 3530. The fraction of sp³-hybridized carbons (Fsp3) is 0.0357. The molecular weight excluding hydrogens is 733 g/mol. The van der Waals surface area contributed by atoms with E-state index in [0.717, 1.165) is 29.9 Å². The summed E-state index contributed by atoms with van der Waals surface area (Å²) in [6.07, 6.45) is 7.05. The van der Waals surface area contributed by atoms with Gasteiger partial charge < -0.3 is 9.47 Å². The van der Waals surface area contributed by atoms with Crippen LogP contribution in [0, 0.1) is 0 Å². The van der Waals surface area contributed by atoms with E-state index in [4.69, 9.17) is 0 Å². The highest BCUT2D eigenvalue weighted by Gasteiger charge is 2.20. The Labute approximate surface area is 346 Å². The highest BCUT2D eigenvalue weighted by Crippen LogP contribution is 2.42. The fourth-order valence-electron chi connectivity index (χ4n) is 9.36. The van der Waals surface area contributed by atoms with Crippen molar-refractivity contribution in [3.8, 4) is 27.9 Å². The quantitative estimate of drug-likeness (QED) is 0.163. The molecule has 2 heterocycles. The second-order valence-corrected chi connectivity index (χ2v) is 16.7. The highest BCUT2D eigenvalue weighted by molar-refractivity contribution is 7.17. The minimum absolute atomic E-state index is 1.07. The van der Waals surface area contributed by atoms with E-state index in [2.05, 4.69) is 216 Å². The second-order valence-electron chi connectivity index (χ2n) is 15.6. The third-order valence-corrected chi connectivity index (χ3v) is 13.4. The van der Waals surface area contributed by atoms with Gasteiger partial charge in [0.05, 0.1) is 16.7 Å². The van der Waals surface area contributed by atoms with Crippen LogP contribution in [0.5, 0.6) is 0 Å². The summed E-state index contributed by atoms with van der Waals surface area (Å²) in [7, 11) is 0. The van der Waals surface area contributed by atoms with Gasteiger partial charge in [0.2, 0.25) is 0 Å². The fourth-order valence-corrected chi connectivity index (χ4v) is 10.6. The van der Waals surface area contributed by atoms with Crippen molar-refractivity contribution in [3.05, 3.63) is 204 Å². The van der Waals surface area contributed by atoms with E-state index in [9.17, 15) is 0 Å². The van der Waals surface area contributed by atoms with Gasteiger partial charge in [-0.1, -0.05) is 146 Å². The topological polar surface area (TPSA) is 8.17 Å². The van der Waals surface area contributed by atoms with Crippen LogP contribution in [0.4, 0.5) is 17.1 Å². The molecule has 9 aromatic carbocycles. The van der Waals surface area contributed by atoms with Gasteiger partial charge in [0.25, 0.3) is 0 Å². The standard InChI is InChI=1S/C56H38N2S/c1-2-13-37(14-3-1)38-25-29-43(30-26-38)57(52-23-12-18-39-15-6-7-19-46(39)52)44-31-27-40(28-32-44)49-35-45(36-51-48-21-9-11-24-55(48)59-56(49)51)58-53-22-10-8-20-47(53)50-33-41-16-4-5-17-42(41)34-54(50)58/h1-8,10,12-36H,9,11H2. The van der Waals surface area contributed by atoms with Gasteiger partial charge in [0.15, 0.2) is 0 Å². The summed E-state index contributed by atoms with van der Waals surface area (Å²) in [4.78, 5) is 2.41. The van der Waals surface area contributed by atoms with Gasteiger partial charge in [-0.05, 0) is 112 Å². The number of hydrogen-bond acceptors (Lipinski definition) is 2. The van der Waals surface area contributed by atoms with Gasteiger partial charge in [-0.15, -0.1) is 11.3 Å². The van der Waals surface area contributed by atoms with Crippen molar-refractivity contribution in [2.75, 3.05) is 4.90 Å². The van der Waals surface area contributed by atoms with E-state index in [-0.39, 0.29) is 0 Å². The maximum atomic E-state index is 2.49. The number of thiophene rings is 1. The van der Waals surface area contributed by atoms with Crippen LogP contribution in [-0.2, 0) is 0 Å². The van der Waals surface area contributed by atoms with E-state index >= 15 is 0 Å². The molecule has 0 radical (unpaired) electrons. The van der Waals surface area contributed by atoms with Crippen molar-refractivity contribution < 1.29 is 0 Å². The average molecular weight is 771 g/mol. The molecule has 0 aliphatic heterocycles. The predicted molar refractivity (Wildman–Crippen MR) is 254 cm³/mol. The molecule has 1 aliphatic rings. The van der Waals surface area contributed by atoms with E-state index in [0.29, 0.717) is 0 Å². The van der Waals surface area contributed by atoms with Crippen LogP contribution in [0.2, 0.25) is 0 Å². The van der Waals surface area contributed by atoms with Gasteiger partial charge in [-0.25, -0.2) is 0 Å². The molecule has 1 aliphatic carbocycles. The molecule has 0 saturated heterocycles. The lowest BCUT2D eigenvalue weighted by Crippen LogP contribution is -2.20. The van der Waals surface area contributed by atoms with Gasteiger partial charge in [-0.3, -0.25) is 0 Å². The van der Waals surface area contributed by atoms with Gasteiger partial charge in [0, 0.05) is 53.4 Å². The molecule has 0 atom stereocenters. The Morgan fingerprint density at radius 3 is 1.85 bits per heavy atom. The maximum absolute atomic E-state index is 2.49. The minimum Gasteiger partial charge on any atom is -0.310 e. The monoisotopic (exact) mass is 770 g/mol. The summed E-state index contributed by atoms with van der Waals surface area (Å²) in [5, 5.41) is 10.2. The Morgan fingerprint density at radius 1 is 0.424 bits per heavy atom. The van der Waals surface area contributed by atoms with Crippen LogP contribution in [0.15, 0.2) is 194 Å². The molecular formula is C56H38N2S. The van der Waals surface area contributed by atoms with Gasteiger partial charge in [-0.2, -0.15) is 0 Å². The largest absolute Gasteiger partial charge is 0.310 e. The summed E-state index contributed by atoms with van der Waals surface area (Å²) >= 11 is 1.93. The lowest BCUT2D eigenvalue weighted by Gasteiger charge is -2.27. The zero-order chi connectivity index (χ0) is 38.9. The average Bonchev–Trinajstić information content (AvgIpc) is 3.84. The van der Waals surface area contributed by atoms with Crippen molar-refractivity contribution in [1.82, 2.24) is 4.57 Å². The van der Waals surface area contributed by atoms with E-state index in [1.807, 2.05) is 11.3 Å². The Kier molecular flexibility index (Phi) is 7.89. The number of anilines is 3. The lowest BCUT2D eigenvalue weighted by atomic mass is 10.00. The first kappa shape index (κ1) is 33.9. The molecule has 2 aromatic heterocycles. The normalized spacial score (nSPS) is 12.5. The summed E-state index contributed by atoms with van der Waals surface area (Å²) in [6, 6.07) is 71.4. The van der Waals surface area contributed by atoms with Gasteiger partial charge >= 0.3 is 0 Å². The van der Waals surface area contributed by atoms with Crippen LogP contribution in [0.1, 0.15) is 12.8 Å². The summed E-state index contributed by atoms with van der Waals surface area (Å²) in [6.45, 7) is 0. The zero-order valence-corrected chi connectivity index (χ0v) is 33.2.